The highest BCUT2D eigenvalue weighted by molar-refractivity contribution is 6.45. The molecule has 0 fully saturated rings. The highest BCUT2D eigenvalue weighted by Crippen LogP contribution is 2.14. The van der Waals surface area contributed by atoms with Crippen LogP contribution in [0.25, 0.3) is 6.08 Å². The fourth-order valence-corrected chi connectivity index (χ4v) is 1.66. The van der Waals surface area contributed by atoms with Crippen LogP contribution in [0.4, 0.5) is 10.1 Å². The van der Waals surface area contributed by atoms with Gasteiger partial charge in [-0.2, -0.15) is 0 Å². The molecule has 0 saturated heterocycles. The fraction of sp³-hybridized carbons (Fsp3) is 0. The molecule has 2 nitrogen and oxygen atoms in total. The first-order valence-electron chi connectivity index (χ1n) is 5.64. The number of amides is 1. The van der Waals surface area contributed by atoms with Crippen LogP contribution in [0.2, 0.25) is 0 Å². The molecule has 1 amide bonds. The number of nitrogens with one attached hydrogen (secondary N) is 1. The fourth-order valence-electron chi connectivity index (χ4n) is 1.49. The third-order valence-electron chi connectivity index (χ3n) is 2.41. The Morgan fingerprint density at radius 3 is 2.32 bits per heavy atom. The van der Waals surface area contributed by atoms with Gasteiger partial charge in [-0.25, -0.2) is 4.39 Å². The molecule has 0 spiro atoms. The SMILES string of the molecule is O=C(Nc1ccc(F)cc1)/C(Cl)=C\c1ccccc1. The van der Waals surface area contributed by atoms with E-state index in [2.05, 4.69) is 5.32 Å². The molecule has 0 unspecified atom stereocenters. The van der Waals surface area contributed by atoms with Gasteiger partial charge in [0.2, 0.25) is 0 Å². The topological polar surface area (TPSA) is 29.1 Å². The summed E-state index contributed by atoms with van der Waals surface area (Å²) < 4.78 is 12.7. The smallest absolute Gasteiger partial charge is 0.267 e. The summed E-state index contributed by atoms with van der Waals surface area (Å²) >= 11 is 5.92. The predicted molar refractivity (Wildman–Crippen MR) is 75.3 cm³/mol. The van der Waals surface area contributed by atoms with E-state index in [1.807, 2.05) is 30.3 Å². The van der Waals surface area contributed by atoms with Gasteiger partial charge in [-0.1, -0.05) is 41.9 Å². The Labute approximate surface area is 115 Å². The summed E-state index contributed by atoms with van der Waals surface area (Å²) in [6.45, 7) is 0. The predicted octanol–water partition coefficient (Wildman–Crippen LogP) is 4.04. The standard InChI is InChI=1S/C15H11ClFNO/c16-14(10-11-4-2-1-3-5-11)15(19)18-13-8-6-12(17)7-9-13/h1-10H,(H,18,19)/b14-10+. The largest absolute Gasteiger partial charge is 0.321 e. The summed E-state index contributed by atoms with van der Waals surface area (Å²) in [5.41, 5.74) is 1.33. The normalized spacial score (nSPS) is 11.2. The van der Waals surface area contributed by atoms with Crippen LogP contribution in [0.5, 0.6) is 0 Å². The van der Waals surface area contributed by atoms with Crippen LogP contribution in [0.1, 0.15) is 5.56 Å². The van der Waals surface area contributed by atoms with Gasteiger partial charge in [0.15, 0.2) is 0 Å². The molecule has 0 heterocycles. The third-order valence-corrected chi connectivity index (χ3v) is 2.69. The number of rotatable bonds is 3. The number of carbonyl (C=O) groups excluding carboxylic acids is 1. The monoisotopic (exact) mass is 275 g/mol. The minimum Gasteiger partial charge on any atom is -0.321 e. The Morgan fingerprint density at radius 2 is 1.68 bits per heavy atom. The molecule has 96 valence electrons. The molecule has 0 aliphatic heterocycles. The van der Waals surface area contributed by atoms with Crippen molar-refractivity contribution in [2.24, 2.45) is 0 Å². The zero-order valence-electron chi connectivity index (χ0n) is 9.94. The molecule has 0 atom stereocenters. The Hall–Kier alpha value is -2.13. The van der Waals surface area contributed by atoms with E-state index in [1.54, 1.807) is 6.08 Å². The summed E-state index contributed by atoms with van der Waals surface area (Å²) in [5.74, 6) is -0.791. The first-order chi connectivity index (χ1) is 9.15. The molecule has 0 saturated carbocycles. The van der Waals surface area contributed by atoms with Gasteiger partial charge in [-0.3, -0.25) is 4.79 Å². The minimum atomic E-state index is -0.433. The second-order valence-corrected chi connectivity index (χ2v) is 4.27. The summed E-state index contributed by atoms with van der Waals surface area (Å²) in [7, 11) is 0. The number of benzene rings is 2. The van der Waals surface area contributed by atoms with Crippen molar-refractivity contribution < 1.29 is 9.18 Å². The van der Waals surface area contributed by atoms with Gasteiger partial charge in [0.25, 0.3) is 5.91 Å². The van der Waals surface area contributed by atoms with Gasteiger partial charge >= 0.3 is 0 Å². The van der Waals surface area contributed by atoms with Crippen molar-refractivity contribution in [3.63, 3.8) is 0 Å². The van der Waals surface area contributed by atoms with E-state index in [4.69, 9.17) is 11.6 Å². The molecule has 0 aliphatic carbocycles. The molecule has 2 rings (SSSR count). The third kappa shape index (κ3) is 3.93. The van der Waals surface area contributed by atoms with Crippen LogP contribution < -0.4 is 5.32 Å². The van der Waals surface area contributed by atoms with Crippen molar-refractivity contribution in [1.29, 1.82) is 0 Å². The van der Waals surface area contributed by atoms with Gasteiger partial charge in [-0.05, 0) is 35.9 Å². The molecule has 2 aromatic carbocycles. The number of hydrogen-bond donors (Lipinski definition) is 1. The molecular weight excluding hydrogens is 265 g/mol. The highest BCUT2D eigenvalue weighted by Gasteiger charge is 2.07. The van der Waals surface area contributed by atoms with Gasteiger partial charge in [-0.15, -0.1) is 0 Å². The molecule has 0 aliphatic rings. The molecule has 19 heavy (non-hydrogen) atoms. The van der Waals surface area contributed by atoms with Crippen molar-refractivity contribution >= 4 is 29.3 Å². The zero-order valence-corrected chi connectivity index (χ0v) is 10.7. The van der Waals surface area contributed by atoms with E-state index in [1.165, 1.54) is 24.3 Å². The quantitative estimate of drug-likeness (QED) is 0.842. The lowest BCUT2D eigenvalue weighted by Gasteiger charge is -2.04. The van der Waals surface area contributed by atoms with Crippen LogP contribution in [-0.4, -0.2) is 5.91 Å². The Bertz CT molecular complexity index is 593. The molecule has 4 heteroatoms. The van der Waals surface area contributed by atoms with Crippen molar-refractivity contribution in [3.05, 3.63) is 71.0 Å². The number of anilines is 1. The van der Waals surface area contributed by atoms with Crippen LogP contribution in [0, 0.1) is 5.82 Å². The van der Waals surface area contributed by atoms with Gasteiger partial charge in [0.1, 0.15) is 10.8 Å². The van der Waals surface area contributed by atoms with Crippen LogP contribution in [0.15, 0.2) is 59.6 Å². The second-order valence-electron chi connectivity index (χ2n) is 3.86. The molecule has 0 bridgehead atoms. The van der Waals surface area contributed by atoms with Gasteiger partial charge < -0.3 is 5.32 Å². The summed E-state index contributed by atoms with van der Waals surface area (Å²) in [6, 6.07) is 14.8. The first kappa shape index (κ1) is 13.3. The van der Waals surface area contributed by atoms with E-state index < -0.39 is 5.91 Å². The van der Waals surface area contributed by atoms with Crippen molar-refractivity contribution in [2.75, 3.05) is 5.32 Å². The van der Waals surface area contributed by atoms with Crippen molar-refractivity contribution in [1.82, 2.24) is 0 Å². The Morgan fingerprint density at radius 1 is 1.05 bits per heavy atom. The minimum absolute atomic E-state index is 0.0653. The maximum Gasteiger partial charge on any atom is 0.267 e. The van der Waals surface area contributed by atoms with Gasteiger partial charge in [0.05, 0.1) is 0 Å². The lowest BCUT2D eigenvalue weighted by molar-refractivity contribution is -0.112. The lowest BCUT2D eigenvalue weighted by atomic mass is 10.2. The molecule has 2 aromatic rings. The second kappa shape index (κ2) is 6.16. The summed E-state index contributed by atoms with van der Waals surface area (Å²) in [4.78, 5) is 11.8. The van der Waals surface area contributed by atoms with Crippen LogP contribution in [0.3, 0.4) is 0 Å². The lowest BCUT2D eigenvalue weighted by Crippen LogP contribution is -2.11. The van der Waals surface area contributed by atoms with E-state index in [9.17, 15) is 9.18 Å². The summed E-state index contributed by atoms with van der Waals surface area (Å²) in [5, 5.41) is 2.65. The molecular formula is C15H11ClFNO. The number of hydrogen-bond acceptors (Lipinski definition) is 1. The first-order valence-corrected chi connectivity index (χ1v) is 6.02. The van der Waals surface area contributed by atoms with E-state index in [-0.39, 0.29) is 10.8 Å². The average Bonchev–Trinajstić information content (AvgIpc) is 2.42. The molecule has 1 N–H and O–H groups in total. The Balaban J connectivity index is 2.07. The van der Waals surface area contributed by atoms with Crippen molar-refractivity contribution in [3.8, 4) is 0 Å². The summed E-state index contributed by atoms with van der Waals surface area (Å²) in [6.07, 6.45) is 1.57. The van der Waals surface area contributed by atoms with Crippen LogP contribution in [-0.2, 0) is 4.79 Å². The van der Waals surface area contributed by atoms with Crippen LogP contribution >= 0.6 is 11.6 Å². The maximum atomic E-state index is 12.7. The maximum absolute atomic E-state index is 12.7. The average molecular weight is 276 g/mol. The Kier molecular flexibility index (Phi) is 4.31. The highest BCUT2D eigenvalue weighted by atomic mass is 35.5. The van der Waals surface area contributed by atoms with Gasteiger partial charge in [0, 0.05) is 5.69 Å². The van der Waals surface area contributed by atoms with E-state index in [0.717, 1.165) is 5.56 Å². The number of halogens is 2. The number of carbonyl (C=O) groups is 1. The zero-order chi connectivity index (χ0) is 13.7. The molecule has 0 radical (unpaired) electrons. The van der Waals surface area contributed by atoms with E-state index >= 15 is 0 Å². The van der Waals surface area contributed by atoms with Crippen molar-refractivity contribution in [2.45, 2.75) is 0 Å². The molecule has 0 aromatic heterocycles. The van der Waals surface area contributed by atoms with E-state index in [0.29, 0.717) is 5.69 Å².